The summed E-state index contributed by atoms with van der Waals surface area (Å²) in [5, 5.41) is 7.72. The van der Waals surface area contributed by atoms with E-state index in [4.69, 9.17) is 4.74 Å². The second kappa shape index (κ2) is 8.57. The average Bonchev–Trinajstić information content (AvgIpc) is 3.24. The number of ether oxygens (including phenoxy) is 1. The van der Waals surface area contributed by atoms with E-state index in [1.165, 1.54) is 18.4 Å². The second-order valence-electron chi connectivity index (χ2n) is 8.50. The number of rotatable bonds is 8. The van der Waals surface area contributed by atoms with Gasteiger partial charge in [-0.1, -0.05) is 12.1 Å². The molecule has 1 saturated heterocycles. The minimum atomic E-state index is -0.00843. The minimum absolute atomic E-state index is 0.00843. The predicted molar refractivity (Wildman–Crippen MR) is 113 cm³/mol. The molecule has 1 unspecified atom stereocenters. The molecule has 0 bridgehead atoms. The highest BCUT2D eigenvalue weighted by Crippen LogP contribution is 2.42. The van der Waals surface area contributed by atoms with Gasteiger partial charge in [0, 0.05) is 18.5 Å². The number of methoxy groups -OCH3 is 1. The summed E-state index contributed by atoms with van der Waals surface area (Å²) in [4.78, 5) is 15.6. The van der Waals surface area contributed by atoms with Crippen LogP contribution in [0, 0.1) is 0 Å². The Hall–Kier alpha value is -2.34. The minimum Gasteiger partial charge on any atom is -0.497 e. The summed E-state index contributed by atoms with van der Waals surface area (Å²) in [6.07, 6.45) is 6.47. The molecule has 0 spiro atoms. The Balaban J connectivity index is 1.52. The topological polar surface area (TPSA) is 59.4 Å². The van der Waals surface area contributed by atoms with Crippen LogP contribution in [-0.2, 0) is 0 Å². The first-order valence-corrected chi connectivity index (χ1v) is 10.8. The van der Waals surface area contributed by atoms with E-state index in [2.05, 4.69) is 41.3 Å². The van der Waals surface area contributed by atoms with Crippen LogP contribution in [0.15, 0.2) is 30.5 Å². The molecule has 1 atom stereocenters. The fraction of sp³-hybridized carbons (Fsp3) is 0.565. The number of hydrogen-bond donors (Lipinski definition) is 1. The average molecular weight is 397 g/mol. The lowest BCUT2D eigenvalue weighted by atomic mass is 10.0. The summed E-state index contributed by atoms with van der Waals surface area (Å²) in [7, 11) is 1.69. The van der Waals surface area contributed by atoms with Crippen molar-refractivity contribution in [2.24, 2.45) is 0 Å². The van der Waals surface area contributed by atoms with Crippen molar-refractivity contribution in [2.75, 3.05) is 26.7 Å². The molecule has 156 valence electrons. The van der Waals surface area contributed by atoms with E-state index in [9.17, 15) is 4.79 Å². The molecule has 4 rings (SSSR count). The first kappa shape index (κ1) is 20.0. The highest BCUT2D eigenvalue weighted by molar-refractivity contribution is 5.95. The molecular weight excluding hydrogens is 364 g/mol. The van der Waals surface area contributed by atoms with E-state index in [-0.39, 0.29) is 18.0 Å². The summed E-state index contributed by atoms with van der Waals surface area (Å²) in [5.74, 6) is 1.33. The zero-order valence-corrected chi connectivity index (χ0v) is 17.7. The third-order valence-corrected chi connectivity index (χ3v) is 6.05. The zero-order valence-electron chi connectivity index (χ0n) is 17.7. The maximum absolute atomic E-state index is 13.1. The molecule has 6 nitrogen and oxygen atoms in total. The summed E-state index contributed by atoms with van der Waals surface area (Å²) < 4.78 is 7.44. The third-order valence-electron chi connectivity index (χ3n) is 6.05. The maximum atomic E-state index is 13.1. The fourth-order valence-corrected chi connectivity index (χ4v) is 4.37. The molecule has 1 aliphatic heterocycles. The smallest absolute Gasteiger partial charge is 0.254 e. The number of hydrogen-bond acceptors (Lipinski definition) is 4. The standard InChI is InChI=1S/C23H32N4O2/c1-16(2)27-22(17-9-10-17)20(14-25-27)23(28)24-15-21(26-11-4-5-12-26)18-7-6-8-19(13-18)29-3/h6-8,13-14,16-17,21H,4-5,9-12,15H2,1-3H3,(H,24,28). The van der Waals surface area contributed by atoms with Crippen LogP contribution in [0.4, 0.5) is 0 Å². The number of aromatic nitrogens is 2. The number of nitrogens with one attached hydrogen (secondary N) is 1. The van der Waals surface area contributed by atoms with E-state index in [0.29, 0.717) is 12.5 Å². The molecule has 1 amide bonds. The molecule has 2 fully saturated rings. The number of benzene rings is 1. The van der Waals surface area contributed by atoms with Gasteiger partial charge in [-0.15, -0.1) is 0 Å². The number of carbonyl (C=O) groups excluding carboxylic acids is 1. The van der Waals surface area contributed by atoms with E-state index < -0.39 is 0 Å². The van der Waals surface area contributed by atoms with Gasteiger partial charge in [0.05, 0.1) is 30.6 Å². The van der Waals surface area contributed by atoms with Gasteiger partial charge in [-0.05, 0) is 70.3 Å². The molecule has 2 heterocycles. The Morgan fingerprint density at radius 3 is 2.69 bits per heavy atom. The lowest BCUT2D eigenvalue weighted by molar-refractivity contribution is 0.0936. The number of likely N-dealkylation sites (tertiary alicyclic amines) is 1. The monoisotopic (exact) mass is 396 g/mol. The largest absolute Gasteiger partial charge is 0.497 e. The van der Waals surface area contributed by atoms with Crippen LogP contribution in [0.5, 0.6) is 5.75 Å². The summed E-state index contributed by atoms with van der Waals surface area (Å²) in [6, 6.07) is 8.62. The van der Waals surface area contributed by atoms with Crippen LogP contribution in [0.3, 0.4) is 0 Å². The molecule has 1 N–H and O–H groups in total. The molecule has 0 radical (unpaired) electrons. The zero-order chi connectivity index (χ0) is 20.4. The molecule has 1 saturated carbocycles. The van der Waals surface area contributed by atoms with Crippen LogP contribution < -0.4 is 10.1 Å². The van der Waals surface area contributed by atoms with Crippen LogP contribution in [0.1, 0.15) is 79.1 Å². The molecule has 1 aromatic heterocycles. The highest BCUT2D eigenvalue weighted by atomic mass is 16.5. The maximum Gasteiger partial charge on any atom is 0.254 e. The number of carbonyl (C=O) groups is 1. The van der Waals surface area contributed by atoms with Crippen molar-refractivity contribution in [3.63, 3.8) is 0 Å². The lowest BCUT2D eigenvalue weighted by Crippen LogP contribution is -2.37. The van der Waals surface area contributed by atoms with Gasteiger partial charge in [0.15, 0.2) is 0 Å². The Morgan fingerprint density at radius 2 is 2.03 bits per heavy atom. The van der Waals surface area contributed by atoms with Crippen molar-refractivity contribution in [2.45, 2.75) is 57.5 Å². The molecule has 29 heavy (non-hydrogen) atoms. The van der Waals surface area contributed by atoms with Crippen molar-refractivity contribution in [3.05, 3.63) is 47.3 Å². The van der Waals surface area contributed by atoms with Crippen LogP contribution >= 0.6 is 0 Å². The van der Waals surface area contributed by atoms with Crippen molar-refractivity contribution >= 4 is 5.91 Å². The molecule has 1 aromatic carbocycles. The van der Waals surface area contributed by atoms with E-state index in [0.717, 1.165) is 42.9 Å². The van der Waals surface area contributed by atoms with Crippen LogP contribution in [-0.4, -0.2) is 47.3 Å². The fourth-order valence-electron chi connectivity index (χ4n) is 4.37. The van der Waals surface area contributed by atoms with Crippen molar-refractivity contribution < 1.29 is 9.53 Å². The van der Waals surface area contributed by atoms with Gasteiger partial charge in [-0.3, -0.25) is 14.4 Å². The summed E-state index contributed by atoms with van der Waals surface area (Å²) in [6.45, 7) is 6.95. The second-order valence-corrected chi connectivity index (χ2v) is 8.50. The Morgan fingerprint density at radius 1 is 1.28 bits per heavy atom. The third kappa shape index (κ3) is 4.32. The summed E-state index contributed by atoms with van der Waals surface area (Å²) >= 11 is 0. The van der Waals surface area contributed by atoms with Crippen LogP contribution in [0.25, 0.3) is 0 Å². The van der Waals surface area contributed by atoms with Gasteiger partial charge in [0.25, 0.3) is 5.91 Å². The molecule has 6 heteroatoms. The van der Waals surface area contributed by atoms with Gasteiger partial charge in [-0.2, -0.15) is 5.10 Å². The van der Waals surface area contributed by atoms with E-state index >= 15 is 0 Å². The Bertz CT molecular complexity index is 850. The van der Waals surface area contributed by atoms with Crippen molar-refractivity contribution in [1.82, 2.24) is 20.0 Å². The van der Waals surface area contributed by atoms with Gasteiger partial charge < -0.3 is 10.1 Å². The Kier molecular flexibility index (Phi) is 5.90. The molecule has 2 aliphatic rings. The number of amides is 1. The quantitative estimate of drug-likeness (QED) is 0.735. The van der Waals surface area contributed by atoms with E-state index in [1.807, 2.05) is 16.8 Å². The molecular formula is C23H32N4O2. The molecule has 2 aromatic rings. The van der Waals surface area contributed by atoms with Crippen molar-refractivity contribution in [3.8, 4) is 5.75 Å². The normalized spacial score (nSPS) is 18.2. The highest BCUT2D eigenvalue weighted by Gasteiger charge is 2.33. The summed E-state index contributed by atoms with van der Waals surface area (Å²) in [5.41, 5.74) is 3.04. The van der Waals surface area contributed by atoms with Gasteiger partial charge in [0.2, 0.25) is 0 Å². The first-order chi connectivity index (χ1) is 14.1. The van der Waals surface area contributed by atoms with Gasteiger partial charge in [0.1, 0.15) is 5.75 Å². The SMILES string of the molecule is COc1cccc(C(CNC(=O)c2cnn(C(C)C)c2C2CC2)N2CCCC2)c1. The molecule has 1 aliphatic carbocycles. The van der Waals surface area contributed by atoms with Crippen LogP contribution in [0.2, 0.25) is 0 Å². The van der Waals surface area contributed by atoms with Crippen molar-refractivity contribution in [1.29, 1.82) is 0 Å². The Labute approximate surface area is 173 Å². The first-order valence-electron chi connectivity index (χ1n) is 10.8. The predicted octanol–water partition coefficient (Wildman–Crippen LogP) is 3.92. The van der Waals surface area contributed by atoms with Gasteiger partial charge in [-0.25, -0.2) is 0 Å². The lowest BCUT2D eigenvalue weighted by Gasteiger charge is -2.28. The van der Waals surface area contributed by atoms with Gasteiger partial charge >= 0.3 is 0 Å². The number of nitrogens with zero attached hydrogens (tertiary/aromatic N) is 3. The van der Waals surface area contributed by atoms with E-state index in [1.54, 1.807) is 13.3 Å².